The van der Waals surface area contributed by atoms with Crippen LogP contribution in [-0.2, 0) is 11.4 Å². The first-order chi connectivity index (χ1) is 14.5. The normalized spacial score (nSPS) is 11.1. The van der Waals surface area contributed by atoms with Gasteiger partial charge in [0, 0.05) is 5.56 Å². The molecule has 0 N–H and O–H groups in total. The number of carbonyl (C=O) groups is 1. The van der Waals surface area contributed by atoms with Crippen molar-refractivity contribution < 1.29 is 18.7 Å². The molecule has 30 heavy (non-hydrogen) atoms. The van der Waals surface area contributed by atoms with Crippen molar-refractivity contribution in [3.8, 4) is 22.6 Å². The van der Waals surface area contributed by atoms with Gasteiger partial charge in [-0.05, 0) is 52.4 Å². The average Bonchev–Trinajstić information content (AvgIpc) is 2.76. The Morgan fingerprint density at radius 1 is 1.03 bits per heavy atom. The molecular formula is C26H25FO3. The lowest BCUT2D eigenvalue weighted by atomic mass is 9.88. The summed E-state index contributed by atoms with van der Waals surface area (Å²) in [6.45, 7) is 4.50. The predicted octanol–water partition coefficient (Wildman–Crippen LogP) is 6.42. The lowest BCUT2D eigenvalue weighted by Crippen LogP contribution is -2.04. The van der Waals surface area contributed by atoms with E-state index in [1.54, 1.807) is 25.3 Å². The first kappa shape index (κ1) is 21.3. The summed E-state index contributed by atoms with van der Waals surface area (Å²) in [5, 5.41) is 0. The SMILES string of the molecule is COc1cc(C(C)C)c(/C=C/C=O)c(-c2ccc(F)cc2)c1OCc1ccccc1. The molecule has 3 nitrogen and oxygen atoms in total. The number of benzene rings is 3. The summed E-state index contributed by atoms with van der Waals surface area (Å²) in [5.74, 6) is 1.01. The van der Waals surface area contributed by atoms with Crippen LogP contribution in [0.2, 0.25) is 0 Å². The molecule has 0 saturated heterocycles. The molecule has 0 atom stereocenters. The Hall–Kier alpha value is -3.40. The Morgan fingerprint density at radius 2 is 1.73 bits per heavy atom. The van der Waals surface area contributed by atoms with Crippen molar-refractivity contribution in [2.24, 2.45) is 0 Å². The van der Waals surface area contributed by atoms with Gasteiger partial charge < -0.3 is 9.47 Å². The maximum atomic E-state index is 13.6. The number of allylic oxidation sites excluding steroid dienone is 1. The van der Waals surface area contributed by atoms with E-state index in [4.69, 9.17) is 9.47 Å². The number of carbonyl (C=O) groups excluding carboxylic acids is 1. The molecule has 0 spiro atoms. The summed E-state index contributed by atoms with van der Waals surface area (Å²) < 4.78 is 25.5. The van der Waals surface area contributed by atoms with Gasteiger partial charge in [-0.2, -0.15) is 0 Å². The fourth-order valence-corrected chi connectivity index (χ4v) is 3.39. The highest BCUT2D eigenvalue weighted by atomic mass is 19.1. The highest BCUT2D eigenvalue weighted by molar-refractivity contribution is 5.87. The highest BCUT2D eigenvalue weighted by Crippen LogP contribution is 2.45. The van der Waals surface area contributed by atoms with Crippen LogP contribution >= 0.6 is 0 Å². The number of hydrogen-bond donors (Lipinski definition) is 0. The third-order valence-electron chi connectivity index (χ3n) is 4.86. The summed E-state index contributed by atoms with van der Waals surface area (Å²) >= 11 is 0. The maximum Gasteiger partial charge on any atom is 0.170 e. The standard InChI is InChI=1S/C26H25FO3/c1-18(2)23-16-24(29-3)26(30-17-19-8-5-4-6-9-19)25(22(23)10-7-15-28)20-11-13-21(27)14-12-20/h4-16,18H,17H2,1-3H3/b10-7+. The predicted molar refractivity (Wildman–Crippen MR) is 118 cm³/mol. The van der Waals surface area contributed by atoms with Crippen LogP contribution in [0.3, 0.4) is 0 Å². The molecule has 3 aromatic carbocycles. The second-order valence-corrected chi connectivity index (χ2v) is 7.22. The van der Waals surface area contributed by atoms with E-state index in [0.717, 1.165) is 34.1 Å². The third-order valence-corrected chi connectivity index (χ3v) is 4.86. The third kappa shape index (κ3) is 4.77. The molecule has 0 aliphatic heterocycles. The fourth-order valence-electron chi connectivity index (χ4n) is 3.39. The number of halogens is 1. The van der Waals surface area contributed by atoms with E-state index in [1.807, 2.05) is 36.4 Å². The van der Waals surface area contributed by atoms with Gasteiger partial charge in [-0.25, -0.2) is 4.39 Å². The van der Waals surface area contributed by atoms with E-state index < -0.39 is 0 Å². The minimum atomic E-state index is -0.317. The molecular weight excluding hydrogens is 379 g/mol. The van der Waals surface area contributed by atoms with Crippen molar-refractivity contribution in [2.75, 3.05) is 7.11 Å². The molecule has 0 aromatic heterocycles. The Balaban J connectivity index is 2.24. The van der Waals surface area contributed by atoms with Crippen molar-refractivity contribution in [2.45, 2.75) is 26.4 Å². The highest BCUT2D eigenvalue weighted by Gasteiger charge is 2.22. The van der Waals surface area contributed by atoms with Crippen LogP contribution in [0.4, 0.5) is 4.39 Å². The van der Waals surface area contributed by atoms with Gasteiger partial charge in [0.1, 0.15) is 18.7 Å². The molecule has 0 unspecified atom stereocenters. The smallest absolute Gasteiger partial charge is 0.170 e. The van der Waals surface area contributed by atoms with E-state index in [0.29, 0.717) is 18.1 Å². The van der Waals surface area contributed by atoms with Gasteiger partial charge in [0.25, 0.3) is 0 Å². The first-order valence-corrected chi connectivity index (χ1v) is 9.84. The molecule has 0 amide bonds. The van der Waals surface area contributed by atoms with Crippen molar-refractivity contribution in [3.63, 3.8) is 0 Å². The summed E-state index contributed by atoms with van der Waals surface area (Å²) in [4.78, 5) is 11.1. The Labute approximate surface area is 176 Å². The minimum Gasteiger partial charge on any atom is -0.493 e. The van der Waals surface area contributed by atoms with Crippen LogP contribution in [0.5, 0.6) is 11.5 Å². The van der Waals surface area contributed by atoms with Crippen LogP contribution in [0.1, 0.15) is 36.5 Å². The molecule has 0 bridgehead atoms. The second kappa shape index (κ2) is 9.88. The van der Waals surface area contributed by atoms with Gasteiger partial charge in [-0.3, -0.25) is 4.79 Å². The second-order valence-electron chi connectivity index (χ2n) is 7.22. The van der Waals surface area contributed by atoms with Gasteiger partial charge in [0.15, 0.2) is 11.5 Å². The zero-order valence-corrected chi connectivity index (χ0v) is 17.4. The van der Waals surface area contributed by atoms with Gasteiger partial charge in [0.05, 0.1) is 7.11 Å². The fraction of sp³-hybridized carbons (Fsp3) is 0.192. The Bertz CT molecular complexity index is 1020. The quantitative estimate of drug-likeness (QED) is 0.321. The number of rotatable bonds is 8. The summed E-state index contributed by atoms with van der Waals surface area (Å²) in [6.07, 6.45) is 3.98. The number of ether oxygens (including phenoxy) is 2. The largest absolute Gasteiger partial charge is 0.493 e. The number of hydrogen-bond acceptors (Lipinski definition) is 3. The van der Waals surface area contributed by atoms with E-state index in [9.17, 15) is 9.18 Å². The van der Waals surface area contributed by atoms with Crippen LogP contribution in [0.15, 0.2) is 66.7 Å². The monoisotopic (exact) mass is 404 g/mol. The molecule has 0 radical (unpaired) electrons. The summed E-state index contributed by atoms with van der Waals surface area (Å²) in [5.41, 5.74) is 4.43. The molecule has 3 rings (SSSR count). The van der Waals surface area contributed by atoms with Crippen LogP contribution in [0.25, 0.3) is 17.2 Å². The molecule has 0 saturated carbocycles. The lowest BCUT2D eigenvalue weighted by molar-refractivity contribution is -0.104. The molecule has 0 aliphatic rings. The van der Waals surface area contributed by atoms with Gasteiger partial charge in [-0.1, -0.05) is 62.4 Å². The summed E-state index contributed by atoms with van der Waals surface area (Å²) in [6, 6.07) is 18.0. The summed E-state index contributed by atoms with van der Waals surface area (Å²) in [7, 11) is 1.60. The molecule has 4 heteroatoms. The van der Waals surface area contributed by atoms with E-state index in [1.165, 1.54) is 18.2 Å². The van der Waals surface area contributed by atoms with E-state index in [-0.39, 0.29) is 11.7 Å². The first-order valence-electron chi connectivity index (χ1n) is 9.84. The maximum absolute atomic E-state index is 13.6. The van der Waals surface area contributed by atoms with Crippen LogP contribution in [-0.4, -0.2) is 13.4 Å². The molecule has 0 fully saturated rings. The Kier molecular flexibility index (Phi) is 7.02. The van der Waals surface area contributed by atoms with Crippen LogP contribution < -0.4 is 9.47 Å². The van der Waals surface area contributed by atoms with E-state index in [2.05, 4.69) is 13.8 Å². The molecule has 3 aromatic rings. The average molecular weight is 404 g/mol. The van der Waals surface area contributed by atoms with Crippen LogP contribution in [0, 0.1) is 5.82 Å². The molecule has 0 aliphatic carbocycles. The minimum absolute atomic E-state index is 0.174. The Morgan fingerprint density at radius 3 is 2.33 bits per heavy atom. The zero-order valence-electron chi connectivity index (χ0n) is 17.4. The van der Waals surface area contributed by atoms with E-state index >= 15 is 0 Å². The van der Waals surface area contributed by atoms with Crippen molar-refractivity contribution >= 4 is 12.4 Å². The van der Waals surface area contributed by atoms with Crippen molar-refractivity contribution in [3.05, 3.63) is 89.2 Å². The van der Waals surface area contributed by atoms with Crippen molar-refractivity contribution in [1.29, 1.82) is 0 Å². The molecule has 154 valence electrons. The van der Waals surface area contributed by atoms with Gasteiger partial charge in [-0.15, -0.1) is 0 Å². The number of aldehydes is 1. The molecule has 0 heterocycles. The van der Waals surface area contributed by atoms with Crippen molar-refractivity contribution in [1.82, 2.24) is 0 Å². The van der Waals surface area contributed by atoms with Gasteiger partial charge >= 0.3 is 0 Å². The zero-order chi connectivity index (χ0) is 21.5. The lowest BCUT2D eigenvalue weighted by Gasteiger charge is -2.22. The van der Waals surface area contributed by atoms with Gasteiger partial charge in [0.2, 0.25) is 0 Å². The number of methoxy groups -OCH3 is 1. The topological polar surface area (TPSA) is 35.5 Å².